The Labute approximate surface area is 107 Å². The number of aryl methyl sites for hydroxylation is 1. The number of carbonyl (C=O) groups is 2. The first kappa shape index (κ1) is 14.0. The molecule has 1 N–H and O–H groups in total. The molecule has 5 heteroatoms. The van der Waals surface area contributed by atoms with Crippen LogP contribution < -0.4 is 5.32 Å². The summed E-state index contributed by atoms with van der Waals surface area (Å²) in [6, 6.07) is 4.82. The minimum Gasteiger partial charge on any atom is -0.462 e. The van der Waals surface area contributed by atoms with Crippen LogP contribution in [0.4, 0.5) is 10.5 Å². The maximum Gasteiger partial charge on any atom is 0.338 e. The van der Waals surface area contributed by atoms with Crippen molar-refractivity contribution in [2.75, 3.05) is 26.0 Å². The number of nitrogens with zero attached hydrogens (tertiary/aromatic N) is 1. The molecule has 0 saturated heterocycles. The van der Waals surface area contributed by atoms with Gasteiger partial charge >= 0.3 is 12.0 Å². The Balaban J connectivity index is 2.86. The van der Waals surface area contributed by atoms with Gasteiger partial charge in [0.2, 0.25) is 0 Å². The van der Waals surface area contributed by atoms with Crippen LogP contribution in [0.1, 0.15) is 22.8 Å². The van der Waals surface area contributed by atoms with Crippen molar-refractivity contribution in [1.29, 1.82) is 0 Å². The molecule has 1 aromatic rings. The molecular formula is C13H18N2O3. The third-order valence-electron chi connectivity index (χ3n) is 2.39. The molecule has 2 amide bonds. The molecule has 1 rings (SSSR count). The quantitative estimate of drug-likeness (QED) is 0.837. The van der Waals surface area contributed by atoms with Crippen LogP contribution in [0.25, 0.3) is 0 Å². The fourth-order valence-corrected chi connectivity index (χ4v) is 1.37. The van der Waals surface area contributed by atoms with Crippen LogP contribution in [-0.2, 0) is 4.74 Å². The number of ether oxygens (including phenoxy) is 1. The molecular weight excluding hydrogens is 232 g/mol. The topological polar surface area (TPSA) is 58.6 Å². The fourth-order valence-electron chi connectivity index (χ4n) is 1.37. The first-order valence-corrected chi connectivity index (χ1v) is 5.71. The highest BCUT2D eigenvalue weighted by atomic mass is 16.5. The maximum atomic E-state index is 11.5. The summed E-state index contributed by atoms with van der Waals surface area (Å²) in [4.78, 5) is 24.5. The summed E-state index contributed by atoms with van der Waals surface area (Å²) in [7, 11) is 3.33. The molecule has 0 atom stereocenters. The van der Waals surface area contributed by atoms with Gasteiger partial charge in [0.15, 0.2) is 0 Å². The molecule has 0 aliphatic carbocycles. The molecule has 1 aromatic carbocycles. The second-order valence-corrected chi connectivity index (χ2v) is 4.07. The van der Waals surface area contributed by atoms with Crippen LogP contribution >= 0.6 is 0 Å². The average Bonchev–Trinajstić information content (AvgIpc) is 2.31. The zero-order chi connectivity index (χ0) is 13.7. The molecule has 0 aliphatic rings. The first-order chi connectivity index (χ1) is 8.45. The molecule has 0 aromatic heterocycles. The van der Waals surface area contributed by atoms with Crippen LogP contribution in [0.3, 0.4) is 0 Å². The second-order valence-electron chi connectivity index (χ2n) is 4.07. The molecule has 0 radical (unpaired) electrons. The zero-order valence-electron chi connectivity index (χ0n) is 11.1. The van der Waals surface area contributed by atoms with Gasteiger partial charge in [0.25, 0.3) is 0 Å². The Morgan fingerprint density at radius 2 is 2.00 bits per heavy atom. The van der Waals surface area contributed by atoms with Crippen molar-refractivity contribution in [3.63, 3.8) is 0 Å². The summed E-state index contributed by atoms with van der Waals surface area (Å²) in [5, 5.41) is 2.74. The molecule has 0 bridgehead atoms. The summed E-state index contributed by atoms with van der Waals surface area (Å²) in [6.07, 6.45) is 0. The van der Waals surface area contributed by atoms with Crippen molar-refractivity contribution in [3.8, 4) is 0 Å². The van der Waals surface area contributed by atoms with E-state index >= 15 is 0 Å². The van der Waals surface area contributed by atoms with E-state index in [4.69, 9.17) is 4.74 Å². The Morgan fingerprint density at radius 3 is 2.50 bits per heavy atom. The normalized spacial score (nSPS) is 9.78. The van der Waals surface area contributed by atoms with Crippen LogP contribution in [0.2, 0.25) is 0 Å². The highest BCUT2D eigenvalue weighted by Crippen LogP contribution is 2.17. The van der Waals surface area contributed by atoms with Gasteiger partial charge in [0.05, 0.1) is 12.2 Å². The van der Waals surface area contributed by atoms with E-state index in [1.54, 1.807) is 39.2 Å². The summed E-state index contributed by atoms with van der Waals surface area (Å²) in [6.45, 7) is 3.93. The van der Waals surface area contributed by atoms with E-state index in [0.29, 0.717) is 17.9 Å². The number of amides is 2. The monoisotopic (exact) mass is 250 g/mol. The molecule has 0 saturated carbocycles. The van der Waals surface area contributed by atoms with Crippen LogP contribution in [0, 0.1) is 6.92 Å². The van der Waals surface area contributed by atoms with E-state index in [1.807, 2.05) is 6.92 Å². The summed E-state index contributed by atoms with van der Waals surface area (Å²) < 4.78 is 4.91. The molecule has 0 heterocycles. The van der Waals surface area contributed by atoms with Crippen molar-refractivity contribution in [2.45, 2.75) is 13.8 Å². The van der Waals surface area contributed by atoms with Gasteiger partial charge in [-0.25, -0.2) is 9.59 Å². The van der Waals surface area contributed by atoms with Crippen molar-refractivity contribution >= 4 is 17.7 Å². The smallest absolute Gasteiger partial charge is 0.338 e. The van der Waals surface area contributed by atoms with Crippen molar-refractivity contribution in [1.82, 2.24) is 4.90 Å². The Morgan fingerprint density at radius 1 is 1.33 bits per heavy atom. The Bertz CT molecular complexity index is 456. The highest BCUT2D eigenvalue weighted by molar-refractivity contribution is 5.93. The molecule has 98 valence electrons. The molecule has 18 heavy (non-hydrogen) atoms. The number of anilines is 1. The molecule has 0 spiro atoms. The minimum atomic E-state index is -0.355. The van der Waals surface area contributed by atoms with Gasteiger partial charge in [-0.05, 0) is 37.6 Å². The van der Waals surface area contributed by atoms with Gasteiger partial charge in [-0.15, -0.1) is 0 Å². The number of carbonyl (C=O) groups excluding carboxylic acids is 2. The predicted molar refractivity (Wildman–Crippen MR) is 69.8 cm³/mol. The van der Waals surface area contributed by atoms with Gasteiger partial charge < -0.3 is 15.0 Å². The lowest BCUT2D eigenvalue weighted by Crippen LogP contribution is -2.27. The number of esters is 1. The first-order valence-electron chi connectivity index (χ1n) is 5.71. The van der Waals surface area contributed by atoms with Gasteiger partial charge in [-0.2, -0.15) is 0 Å². The number of hydrogen-bond acceptors (Lipinski definition) is 3. The van der Waals surface area contributed by atoms with Gasteiger partial charge in [-0.1, -0.05) is 0 Å². The lowest BCUT2D eigenvalue weighted by atomic mass is 10.1. The number of rotatable bonds is 3. The van der Waals surface area contributed by atoms with Crippen LogP contribution in [0.5, 0.6) is 0 Å². The van der Waals surface area contributed by atoms with Crippen LogP contribution in [0.15, 0.2) is 18.2 Å². The zero-order valence-corrected chi connectivity index (χ0v) is 11.1. The number of hydrogen-bond donors (Lipinski definition) is 1. The second kappa shape index (κ2) is 6.05. The van der Waals surface area contributed by atoms with E-state index in [-0.39, 0.29) is 12.0 Å². The van der Waals surface area contributed by atoms with Gasteiger partial charge in [0, 0.05) is 19.8 Å². The van der Waals surface area contributed by atoms with Crippen molar-refractivity contribution in [2.24, 2.45) is 0 Å². The van der Waals surface area contributed by atoms with Gasteiger partial charge in [-0.3, -0.25) is 0 Å². The Hall–Kier alpha value is -2.04. The van der Waals surface area contributed by atoms with E-state index < -0.39 is 0 Å². The molecule has 0 aliphatic heterocycles. The molecule has 0 unspecified atom stereocenters. The number of urea groups is 1. The maximum absolute atomic E-state index is 11.5. The Kier molecular flexibility index (Phi) is 4.71. The molecule has 5 nitrogen and oxygen atoms in total. The standard InChI is InChI=1S/C13H18N2O3/c1-5-18-12(16)10-6-7-11(9(2)8-10)14-13(17)15(3)4/h6-8H,5H2,1-4H3,(H,14,17). The number of benzene rings is 1. The fraction of sp³-hybridized carbons (Fsp3) is 0.385. The van der Waals surface area contributed by atoms with Crippen molar-refractivity contribution < 1.29 is 14.3 Å². The van der Waals surface area contributed by atoms with E-state index in [9.17, 15) is 9.59 Å². The van der Waals surface area contributed by atoms with E-state index in [0.717, 1.165) is 5.56 Å². The molecule has 0 fully saturated rings. The van der Waals surface area contributed by atoms with Crippen molar-refractivity contribution in [3.05, 3.63) is 29.3 Å². The predicted octanol–water partition coefficient (Wildman–Crippen LogP) is 2.27. The third-order valence-corrected chi connectivity index (χ3v) is 2.39. The lowest BCUT2D eigenvalue weighted by molar-refractivity contribution is 0.0526. The van der Waals surface area contributed by atoms with Crippen LogP contribution in [-0.4, -0.2) is 37.6 Å². The average molecular weight is 250 g/mol. The van der Waals surface area contributed by atoms with Gasteiger partial charge in [0.1, 0.15) is 0 Å². The third kappa shape index (κ3) is 3.48. The SMILES string of the molecule is CCOC(=O)c1ccc(NC(=O)N(C)C)c(C)c1. The van der Waals surface area contributed by atoms with E-state index in [2.05, 4.69) is 5.32 Å². The summed E-state index contributed by atoms with van der Waals surface area (Å²) in [5.41, 5.74) is 1.98. The minimum absolute atomic E-state index is 0.206. The van der Waals surface area contributed by atoms with E-state index in [1.165, 1.54) is 4.90 Å². The lowest BCUT2D eigenvalue weighted by Gasteiger charge is -2.14. The largest absolute Gasteiger partial charge is 0.462 e. The summed E-state index contributed by atoms with van der Waals surface area (Å²) >= 11 is 0. The highest BCUT2D eigenvalue weighted by Gasteiger charge is 2.10. The number of nitrogens with one attached hydrogen (secondary N) is 1. The summed E-state index contributed by atoms with van der Waals surface area (Å²) in [5.74, 6) is -0.355.